The predicted molar refractivity (Wildman–Crippen MR) is 72.9 cm³/mol. The molecule has 0 fully saturated rings. The first-order valence-corrected chi connectivity index (χ1v) is 6.35. The summed E-state index contributed by atoms with van der Waals surface area (Å²) in [6, 6.07) is 4.05. The van der Waals surface area contributed by atoms with Gasteiger partial charge in [-0.1, -0.05) is 28.0 Å². The van der Waals surface area contributed by atoms with Crippen molar-refractivity contribution in [2.75, 3.05) is 5.73 Å². The summed E-state index contributed by atoms with van der Waals surface area (Å²) in [6.45, 7) is 5.93. The van der Waals surface area contributed by atoms with Gasteiger partial charge >= 0.3 is 0 Å². The maximum Gasteiger partial charge on any atom is 0.141 e. The second-order valence-corrected chi connectivity index (χ2v) is 4.93. The third-order valence-corrected chi connectivity index (χ3v) is 3.61. The van der Waals surface area contributed by atoms with Gasteiger partial charge in [0.05, 0.1) is 5.69 Å². The van der Waals surface area contributed by atoms with Crippen LogP contribution in [0.25, 0.3) is 11.1 Å². The molecule has 0 aliphatic carbocycles. The van der Waals surface area contributed by atoms with E-state index in [-0.39, 0.29) is 0 Å². The smallest absolute Gasteiger partial charge is 0.141 e. The second-order valence-electron chi connectivity index (χ2n) is 4.08. The molecule has 3 nitrogen and oxygen atoms in total. The molecule has 0 amide bonds. The molecular formula is C13H15BrN2O. The Morgan fingerprint density at radius 2 is 2.06 bits per heavy atom. The maximum absolute atomic E-state index is 6.06. The fraction of sp³-hybridized carbons (Fsp3) is 0.308. The largest absolute Gasteiger partial charge is 0.398 e. The molecule has 1 heterocycles. The summed E-state index contributed by atoms with van der Waals surface area (Å²) < 4.78 is 6.22. The zero-order valence-electron chi connectivity index (χ0n) is 10.2. The lowest BCUT2D eigenvalue weighted by molar-refractivity contribution is 0.393. The van der Waals surface area contributed by atoms with Gasteiger partial charge in [-0.2, -0.15) is 0 Å². The van der Waals surface area contributed by atoms with E-state index in [2.05, 4.69) is 34.1 Å². The number of anilines is 1. The minimum Gasteiger partial charge on any atom is -0.398 e. The highest BCUT2D eigenvalue weighted by Crippen LogP contribution is 2.34. The van der Waals surface area contributed by atoms with Gasteiger partial charge in [-0.3, -0.25) is 0 Å². The minimum absolute atomic E-state index is 0.803. The highest BCUT2D eigenvalue weighted by Gasteiger charge is 2.14. The molecule has 4 heteroatoms. The van der Waals surface area contributed by atoms with Crippen LogP contribution in [0.2, 0.25) is 0 Å². The lowest BCUT2D eigenvalue weighted by Crippen LogP contribution is -1.95. The molecule has 90 valence electrons. The van der Waals surface area contributed by atoms with E-state index >= 15 is 0 Å². The summed E-state index contributed by atoms with van der Waals surface area (Å²) in [6.07, 6.45) is 0.911. The molecule has 0 unspecified atom stereocenters. The predicted octanol–water partition coefficient (Wildman–Crippen LogP) is 3.87. The van der Waals surface area contributed by atoms with Gasteiger partial charge < -0.3 is 10.3 Å². The van der Waals surface area contributed by atoms with E-state index < -0.39 is 0 Å². The Morgan fingerprint density at radius 3 is 2.53 bits per heavy atom. The van der Waals surface area contributed by atoms with Gasteiger partial charge in [-0.05, 0) is 43.5 Å². The summed E-state index contributed by atoms with van der Waals surface area (Å²) in [5.74, 6) is 0.818. The molecule has 0 bridgehead atoms. The SMILES string of the molecule is CCc1c(N)cc(-c2c(C)noc2C)cc1Br. The molecule has 0 aliphatic heterocycles. The Bertz CT molecular complexity index is 518. The van der Waals surface area contributed by atoms with Crippen LogP contribution in [-0.2, 0) is 6.42 Å². The first-order chi connectivity index (χ1) is 8.04. The molecule has 0 saturated heterocycles. The van der Waals surface area contributed by atoms with Crippen LogP contribution in [0.4, 0.5) is 5.69 Å². The molecule has 17 heavy (non-hydrogen) atoms. The molecule has 2 aromatic rings. The van der Waals surface area contributed by atoms with Crippen molar-refractivity contribution >= 4 is 21.6 Å². The van der Waals surface area contributed by atoms with E-state index in [0.29, 0.717) is 0 Å². The Kier molecular flexibility index (Phi) is 3.24. The number of hydrogen-bond acceptors (Lipinski definition) is 3. The molecule has 0 saturated carbocycles. The molecule has 0 radical (unpaired) electrons. The van der Waals surface area contributed by atoms with Crippen molar-refractivity contribution in [3.05, 3.63) is 33.6 Å². The Labute approximate surface area is 109 Å². The summed E-state index contributed by atoms with van der Waals surface area (Å²) >= 11 is 3.56. The third-order valence-electron chi connectivity index (χ3n) is 2.91. The van der Waals surface area contributed by atoms with Crippen molar-refractivity contribution in [3.8, 4) is 11.1 Å². The average Bonchev–Trinajstić information content (AvgIpc) is 2.58. The number of nitrogens with two attached hydrogens (primary N) is 1. The number of benzene rings is 1. The lowest BCUT2D eigenvalue weighted by Gasteiger charge is -2.09. The maximum atomic E-state index is 6.06. The number of aromatic nitrogens is 1. The summed E-state index contributed by atoms with van der Waals surface area (Å²) in [7, 11) is 0. The van der Waals surface area contributed by atoms with Gasteiger partial charge in [0.1, 0.15) is 5.76 Å². The quantitative estimate of drug-likeness (QED) is 0.856. The van der Waals surface area contributed by atoms with Crippen LogP contribution in [0, 0.1) is 13.8 Å². The normalized spacial score (nSPS) is 10.8. The fourth-order valence-electron chi connectivity index (χ4n) is 2.07. The van der Waals surface area contributed by atoms with E-state index in [0.717, 1.165) is 44.7 Å². The van der Waals surface area contributed by atoms with Crippen LogP contribution in [0.3, 0.4) is 0 Å². The van der Waals surface area contributed by atoms with E-state index in [1.54, 1.807) is 0 Å². The summed E-state index contributed by atoms with van der Waals surface area (Å²) in [4.78, 5) is 0. The van der Waals surface area contributed by atoms with Gasteiger partial charge in [0.25, 0.3) is 0 Å². The van der Waals surface area contributed by atoms with Crippen molar-refractivity contribution in [1.29, 1.82) is 0 Å². The fourth-order valence-corrected chi connectivity index (χ4v) is 2.83. The van der Waals surface area contributed by atoms with Crippen LogP contribution in [0.5, 0.6) is 0 Å². The molecule has 0 aliphatic rings. The third kappa shape index (κ3) is 2.09. The van der Waals surface area contributed by atoms with Crippen LogP contribution in [0.15, 0.2) is 21.1 Å². The first kappa shape index (κ1) is 12.2. The number of hydrogen-bond donors (Lipinski definition) is 1. The monoisotopic (exact) mass is 294 g/mol. The molecule has 2 rings (SSSR count). The molecule has 0 spiro atoms. The van der Waals surface area contributed by atoms with Crippen LogP contribution >= 0.6 is 15.9 Å². The van der Waals surface area contributed by atoms with Gasteiger partial charge in [-0.25, -0.2) is 0 Å². The highest BCUT2D eigenvalue weighted by atomic mass is 79.9. The number of nitrogen functional groups attached to an aromatic ring is 1. The molecule has 2 N–H and O–H groups in total. The van der Waals surface area contributed by atoms with Gasteiger partial charge in [0, 0.05) is 15.7 Å². The van der Waals surface area contributed by atoms with Crippen LogP contribution in [0.1, 0.15) is 23.9 Å². The Morgan fingerprint density at radius 1 is 1.35 bits per heavy atom. The van der Waals surface area contributed by atoms with Gasteiger partial charge in [0.15, 0.2) is 0 Å². The van der Waals surface area contributed by atoms with Crippen LogP contribution < -0.4 is 5.73 Å². The Balaban J connectivity index is 2.62. The number of aryl methyl sites for hydroxylation is 2. The van der Waals surface area contributed by atoms with E-state index in [9.17, 15) is 0 Å². The van der Waals surface area contributed by atoms with Crippen molar-refractivity contribution in [1.82, 2.24) is 5.16 Å². The van der Waals surface area contributed by atoms with Gasteiger partial charge in [-0.15, -0.1) is 0 Å². The van der Waals surface area contributed by atoms with Gasteiger partial charge in [0.2, 0.25) is 0 Å². The molecule has 0 atom stereocenters. The van der Waals surface area contributed by atoms with Crippen molar-refractivity contribution in [2.24, 2.45) is 0 Å². The molecular weight excluding hydrogens is 280 g/mol. The second kappa shape index (κ2) is 4.53. The summed E-state index contributed by atoms with van der Waals surface area (Å²) in [5.41, 5.74) is 11.0. The number of halogens is 1. The van der Waals surface area contributed by atoms with E-state index in [1.165, 1.54) is 0 Å². The van der Waals surface area contributed by atoms with Crippen molar-refractivity contribution in [3.63, 3.8) is 0 Å². The zero-order valence-corrected chi connectivity index (χ0v) is 11.8. The first-order valence-electron chi connectivity index (χ1n) is 5.55. The van der Waals surface area contributed by atoms with E-state index in [4.69, 9.17) is 10.3 Å². The van der Waals surface area contributed by atoms with Crippen molar-refractivity contribution < 1.29 is 4.52 Å². The average molecular weight is 295 g/mol. The molecule has 1 aromatic carbocycles. The Hall–Kier alpha value is -1.29. The minimum atomic E-state index is 0.803. The highest BCUT2D eigenvalue weighted by molar-refractivity contribution is 9.10. The topological polar surface area (TPSA) is 52.0 Å². The van der Waals surface area contributed by atoms with Crippen LogP contribution in [-0.4, -0.2) is 5.16 Å². The van der Waals surface area contributed by atoms with E-state index in [1.807, 2.05) is 19.9 Å². The van der Waals surface area contributed by atoms with Crippen molar-refractivity contribution in [2.45, 2.75) is 27.2 Å². The number of rotatable bonds is 2. The lowest BCUT2D eigenvalue weighted by atomic mass is 10.0. The molecule has 1 aromatic heterocycles. The summed E-state index contributed by atoms with van der Waals surface area (Å²) in [5, 5.41) is 3.96. The standard InChI is InChI=1S/C13H15BrN2O/c1-4-10-11(14)5-9(6-12(10)15)13-7(2)16-17-8(13)3/h5-6H,4,15H2,1-3H3. The number of nitrogens with zero attached hydrogens (tertiary/aromatic N) is 1. The zero-order chi connectivity index (χ0) is 12.6.